The summed E-state index contributed by atoms with van der Waals surface area (Å²) in [5, 5.41) is 14.0. The summed E-state index contributed by atoms with van der Waals surface area (Å²) in [4.78, 5) is 31.5. The number of ether oxygens (including phenoxy) is 1. The van der Waals surface area contributed by atoms with E-state index in [4.69, 9.17) is 4.74 Å². The number of H-pyrrole nitrogens is 1. The quantitative estimate of drug-likeness (QED) is 0.332. The van der Waals surface area contributed by atoms with Crippen molar-refractivity contribution in [2.75, 3.05) is 18.5 Å². The Bertz CT molecular complexity index is 1370. The van der Waals surface area contributed by atoms with Gasteiger partial charge in [-0.3, -0.25) is 14.3 Å². The van der Waals surface area contributed by atoms with E-state index in [0.29, 0.717) is 18.2 Å². The predicted octanol–water partition coefficient (Wildman–Crippen LogP) is 2.08. The van der Waals surface area contributed by atoms with Crippen molar-refractivity contribution in [2.24, 2.45) is 7.05 Å². The molecule has 178 valence electrons. The highest BCUT2D eigenvalue weighted by Gasteiger charge is 2.20. The Labute approximate surface area is 196 Å². The molecule has 0 saturated heterocycles. The van der Waals surface area contributed by atoms with E-state index in [2.05, 4.69) is 22.2 Å². The number of hydrogen-bond acceptors (Lipinski definition) is 6. The van der Waals surface area contributed by atoms with Crippen molar-refractivity contribution < 1.29 is 9.84 Å². The van der Waals surface area contributed by atoms with Gasteiger partial charge in [0, 0.05) is 13.6 Å². The van der Waals surface area contributed by atoms with E-state index in [1.165, 1.54) is 4.57 Å². The van der Waals surface area contributed by atoms with Crippen molar-refractivity contribution in [2.45, 2.75) is 32.4 Å². The maximum atomic E-state index is 12.6. The summed E-state index contributed by atoms with van der Waals surface area (Å²) in [6, 6.07) is 17.7. The van der Waals surface area contributed by atoms with Gasteiger partial charge in [0.1, 0.15) is 18.5 Å². The molecule has 0 aliphatic carbocycles. The topological polar surface area (TPSA) is 114 Å². The number of aliphatic hydroxyl groups excluding tert-OH is 1. The van der Waals surface area contributed by atoms with Gasteiger partial charge in [0.2, 0.25) is 5.95 Å². The number of nitrogens with one attached hydrogen (secondary N) is 2. The maximum Gasteiger partial charge on any atom is 0.329 e. The lowest BCUT2D eigenvalue weighted by Gasteiger charge is -2.16. The Kier molecular flexibility index (Phi) is 7.12. The van der Waals surface area contributed by atoms with E-state index in [1.54, 1.807) is 11.6 Å². The molecule has 0 spiro atoms. The zero-order valence-electron chi connectivity index (χ0n) is 19.3. The van der Waals surface area contributed by atoms with E-state index >= 15 is 0 Å². The molecule has 0 aliphatic heterocycles. The van der Waals surface area contributed by atoms with Crippen LogP contribution in [-0.4, -0.2) is 43.5 Å². The van der Waals surface area contributed by atoms with Crippen molar-refractivity contribution in [3.05, 3.63) is 86.6 Å². The first-order valence-corrected chi connectivity index (χ1v) is 11.3. The van der Waals surface area contributed by atoms with Crippen LogP contribution in [0.2, 0.25) is 0 Å². The average molecular weight is 464 g/mol. The minimum atomic E-state index is -0.908. The van der Waals surface area contributed by atoms with Crippen LogP contribution in [0, 0.1) is 0 Å². The van der Waals surface area contributed by atoms with Crippen LogP contribution >= 0.6 is 0 Å². The lowest BCUT2D eigenvalue weighted by atomic mass is 10.1. The fourth-order valence-corrected chi connectivity index (χ4v) is 3.82. The van der Waals surface area contributed by atoms with Gasteiger partial charge in [0.15, 0.2) is 11.2 Å². The summed E-state index contributed by atoms with van der Waals surface area (Å²) >= 11 is 0. The number of fused-ring (bicyclic) bond motifs is 1. The highest BCUT2D eigenvalue weighted by atomic mass is 16.5. The monoisotopic (exact) mass is 463 g/mol. The minimum Gasteiger partial charge on any atom is -0.491 e. The Morgan fingerprint density at radius 3 is 2.65 bits per heavy atom. The fraction of sp³-hybridized carbons (Fsp3) is 0.320. The summed E-state index contributed by atoms with van der Waals surface area (Å²) in [6.07, 6.45) is 0.730. The molecule has 0 unspecified atom stereocenters. The smallest absolute Gasteiger partial charge is 0.329 e. The Hall–Kier alpha value is -3.85. The molecule has 9 heteroatoms. The molecule has 0 fully saturated rings. The highest BCUT2D eigenvalue weighted by Crippen LogP contribution is 2.18. The van der Waals surface area contributed by atoms with E-state index in [0.717, 1.165) is 24.0 Å². The van der Waals surface area contributed by atoms with Gasteiger partial charge < -0.3 is 19.7 Å². The van der Waals surface area contributed by atoms with Crippen LogP contribution < -0.4 is 21.3 Å². The van der Waals surface area contributed by atoms with E-state index < -0.39 is 17.4 Å². The molecular formula is C25H29N5O4. The predicted molar refractivity (Wildman–Crippen MR) is 132 cm³/mol. The van der Waals surface area contributed by atoms with E-state index in [-0.39, 0.29) is 24.3 Å². The third kappa shape index (κ3) is 5.20. The van der Waals surface area contributed by atoms with Crippen molar-refractivity contribution in [3.63, 3.8) is 0 Å². The second-order valence-corrected chi connectivity index (χ2v) is 8.16. The van der Waals surface area contributed by atoms with Gasteiger partial charge >= 0.3 is 5.69 Å². The number of aryl methyl sites for hydroxylation is 2. The van der Waals surface area contributed by atoms with Gasteiger partial charge in [0.25, 0.3) is 5.56 Å². The number of nitrogens with zero attached hydrogens (tertiary/aromatic N) is 3. The minimum absolute atomic E-state index is 0.0416. The number of anilines is 1. The Morgan fingerprint density at radius 2 is 1.88 bits per heavy atom. The Morgan fingerprint density at radius 1 is 1.12 bits per heavy atom. The lowest BCUT2D eigenvalue weighted by molar-refractivity contribution is 0.0938. The van der Waals surface area contributed by atoms with Crippen molar-refractivity contribution >= 4 is 17.1 Å². The van der Waals surface area contributed by atoms with Crippen molar-refractivity contribution in [3.8, 4) is 5.75 Å². The number of rotatable bonds is 10. The van der Waals surface area contributed by atoms with Crippen LogP contribution in [0.5, 0.6) is 5.75 Å². The average Bonchev–Trinajstić information content (AvgIpc) is 3.20. The lowest BCUT2D eigenvalue weighted by Crippen LogP contribution is -2.31. The van der Waals surface area contributed by atoms with Crippen LogP contribution in [0.3, 0.4) is 0 Å². The third-order valence-electron chi connectivity index (χ3n) is 5.69. The first kappa shape index (κ1) is 23.3. The Balaban J connectivity index is 1.56. The summed E-state index contributed by atoms with van der Waals surface area (Å²) in [7, 11) is 1.55. The summed E-state index contributed by atoms with van der Waals surface area (Å²) in [6.45, 7) is 2.74. The van der Waals surface area contributed by atoms with Crippen LogP contribution in [0.1, 0.15) is 18.1 Å². The van der Waals surface area contributed by atoms with Crippen molar-refractivity contribution in [1.82, 2.24) is 19.1 Å². The first-order valence-electron chi connectivity index (χ1n) is 11.3. The summed E-state index contributed by atoms with van der Waals surface area (Å²) in [5.41, 5.74) is 1.68. The first-order chi connectivity index (χ1) is 16.5. The molecular weight excluding hydrogens is 434 g/mol. The number of hydrogen-bond donors (Lipinski definition) is 3. The van der Waals surface area contributed by atoms with Gasteiger partial charge in [-0.15, -0.1) is 0 Å². The molecule has 2 aromatic carbocycles. The van der Waals surface area contributed by atoms with Crippen LogP contribution in [0.25, 0.3) is 11.2 Å². The number of aromatic nitrogens is 4. The molecule has 2 heterocycles. The van der Waals surface area contributed by atoms with Gasteiger partial charge in [-0.2, -0.15) is 4.98 Å². The zero-order chi connectivity index (χ0) is 24.1. The largest absolute Gasteiger partial charge is 0.491 e. The normalized spacial score (nSPS) is 12.1. The molecule has 0 amide bonds. The summed E-state index contributed by atoms with van der Waals surface area (Å²) < 4.78 is 8.67. The molecule has 0 saturated carbocycles. The number of imidazole rings is 1. The fourth-order valence-electron chi connectivity index (χ4n) is 3.82. The molecule has 0 bridgehead atoms. The van der Waals surface area contributed by atoms with Gasteiger partial charge in [-0.25, -0.2) is 4.79 Å². The van der Waals surface area contributed by atoms with Gasteiger partial charge in [0.05, 0.1) is 6.54 Å². The number of benzene rings is 2. The molecule has 1 atom stereocenters. The highest BCUT2D eigenvalue weighted by molar-refractivity contribution is 5.74. The van der Waals surface area contributed by atoms with Crippen molar-refractivity contribution in [1.29, 1.82) is 0 Å². The SMILES string of the molecule is CCc1cccc(OC[C@H](O)Cn2c(NCCc3ccccc3)nc3c2c(=O)[nH]c(=O)n3C)c1. The molecule has 2 aromatic heterocycles. The summed E-state index contributed by atoms with van der Waals surface area (Å²) in [5.74, 6) is 1.08. The number of aromatic amines is 1. The van der Waals surface area contributed by atoms with Gasteiger partial charge in [-0.1, -0.05) is 49.4 Å². The molecule has 0 radical (unpaired) electrons. The molecule has 4 aromatic rings. The zero-order valence-corrected chi connectivity index (χ0v) is 19.3. The molecule has 0 aliphatic rings. The third-order valence-corrected chi connectivity index (χ3v) is 5.69. The molecule has 34 heavy (non-hydrogen) atoms. The molecule has 9 nitrogen and oxygen atoms in total. The van der Waals surface area contributed by atoms with Crippen LogP contribution in [0.15, 0.2) is 64.2 Å². The second-order valence-electron chi connectivity index (χ2n) is 8.16. The number of aliphatic hydroxyl groups is 1. The van der Waals surface area contributed by atoms with Gasteiger partial charge in [-0.05, 0) is 36.1 Å². The van der Waals surface area contributed by atoms with Crippen LogP contribution in [-0.2, 0) is 26.4 Å². The van der Waals surface area contributed by atoms with E-state index in [1.807, 2.05) is 54.6 Å². The van der Waals surface area contributed by atoms with E-state index in [9.17, 15) is 14.7 Å². The molecule has 4 rings (SSSR count). The molecule has 3 N–H and O–H groups in total. The van der Waals surface area contributed by atoms with Crippen LogP contribution in [0.4, 0.5) is 5.95 Å². The standard InChI is InChI=1S/C25H29N5O4/c1-3-17-10-7-11-20(14-17)34-16-19(31)15-30-21-22(29(2)25(33)28-23(21)32)27-24(30)26-13-12-18-8-5-4-6-9-18/h4-11,14,19,31H,3,12-13,15-16H2,1-2H3,(H,26,27)(H,28,32,33)/t19-/m1/s1. The second kappa shape index (κ2) is 10.4. The maximum absolute atomic E-state index is 12.6.